The van der Waals surface area contributed by atoms with Gasteiger partial charge in [0.05, 0.1) is 0 Å². The van der Waals surface area contributed by atoms with Crippen LogP contribution in [0.5, 0.6) is 0 Å². The van der Waals surface area contributed by atoms with Crippen molar-refractivity contribution in [2.45, 2.75) is 19.3 Å². The summed E-state index contributed by atoms with van der Waals surface area (Å²) in [5.41, 5.74) is 1.15. The quantitative estimate of drug-likeness (QED) is 0.825. The second-order valence-electron chi connectivity index (χ2n) is 2.92. The molecule has 0 aliphatic rings. The molecule has 0 amide bonds. The second kappa shape index (κ2) is 5.63. The van der Waals surface area contributed by atoms with Crippen LogP contribution in [0.1, 0.15) is 18.4 Å². The van der Waals surface area contributed by atoms with Crippen molar-refractivity contribution in [3.05, 3.63) is 33.3 Å². The van der Waals surface area contributed by atoms with E-state index in [0.717, 1.165) is 34.3 Å². The summed E-state index contributed by atoms with van der Waals surface area (Å²) >= 11 is 9.37. The molecule has 1 aromatic carbocycles. The van der Waals surface area contributed by atoms with Gasteiger partial charge in [-0.2, -0.15) is 0 Å². The standard InChI is InChI=1S/C10H12BrClO/c11-9-5-4-8(10(12)7-9)3-1-2-6-13/h4-5,7,13H,1-3,6H2. The zero-order valence-corrected chi connectivity index (χ0v) is 9.61. The smallest absolute Gasteiger partial charge is 0.0449 e. The molecule has 0 bridgehead atoms. The van der Waals surface area contributed by atoms with E-state index in [9.17, 15) is 0 Å². The van der Waals surface area contributed by atoms with Gasteiger partial charge in [0.2, 0.25) is 0 Å². The molecule has 0 aromatic heterocycles. The molecule has 0 aliphatic carbocycles. The molecule has 0 fully saturated rings. The van der Waals surface area contributed by atoms with Crippen molar-refractivity contribution >= 4 is 27.5 Å². The Hall–Kier alpha value is -0.0500. The predicted molar refractivity (Wildman–Crippen MR) is 59.2 cm³/mol. The first-order valence-electron chi connectivity index (χ1n) is 4.29. The minimum atomic E-state index is 0.258. The lowest BCUT2D eigenvalue weighted by molar-refractivity contribution is 0.284. The number of unbranched alkanes of at least 4 members (excludes halogenated alkanes) is 1. The Kier molecular flexibility index (Phi) is 4.78. The average Bonchev–Trinajstić information content (AvgIpc) is 2.09. The molecule has 0 spiro atoms. The summed E-state index contributed by atoms with van der Waals surface area (Å²) in [6.45, 7) is 0.258. The molecule has 3 heteroatoms. The highest BCUT2D eigenvalue weighted by Gasteiger charge is 2.00. The highest BCUT2D eigenvalue weighted by Crippen LogP contribution is 2.22. The molecule has 0 unspecified atom stereocenters. The summed E-state index contributed by atoms with van der Waals surface area (Å²) in [7, 11) is 0. The first-order chi connectivity index (χ1) is 6.24. The Morgan fingerprint density at radius 3 is 2.69 bits per heavy atom. The number of aliphatic hydroxyl groups is 1. The van der Waals surface area contributed by atoms with Gasteiger partial charge >= 0.3 is 0 Å². The fraction of sp³-hybridized carbons (Fsp3) is 0.400. The fourth-order valence-electron chi connectivity index (χ4n) is 1.15. The van der Waals surface area contributed by atoms with Gasteiger partial charge in [-0.1, -0.05) is 33.6 Å². The van der Waals surface area contributed by atoms with Crippen molar-refractivity contribution in [2.75, 3.05) is 6.61 Å². The maximum Gasteiger partial charge on any atom is 0.0449 e. The molecule has 13 heavy (non-hydrogen) atoms. The molecule has 0 saturated carbocycles. The van der Waals surface area contributed by atoms with E-state index < -0.39 is 0 Å². The molecule has 0 heterocycles. The average molecular weight is 264 g/mol. The van der Waals surface area contributed by atoms with Gasteiger partial charge in [0, 0.05) is 16.1 Å². The zero-order chi connectivity index (χ0) is 9.68. The minimum Gasteiger partial charge on any atom is -0.396 e. The van der Waals surface area contributed by atoms with Crippen LogP contribution < -0.4 is 0 Å². The monoisotopic (exact) mass is 262 g/mol. The molecule has 1 N–H and O–H groups in total. The molecule has 72 valence electrons. The van der Waals surface area contributed by atoms with Crippen LogP contribution in [-0.4, -0.2) is 11.7 Å². The largest absolute Gasteiger partial charge is 0.396 e. The molecular formula is C10H12BrClO. The Labute approximate surface area is 91.9 Å². The van der Waals surface area contributed by atoms with E-state index in [1.54, 1.807) is 0 Å². The summed E-state index contributed by atoms with van der Waals surface area (Å²) in [6, 6.07) is 5.90. The van der Waals surface area contributed by atoms with E-state index >= 15 is 0 Å². The number of aliphatic hydroxyl groups excluding tert-OH is 1. The van der Waals surface area contributed by atoms with E-state index in [-0.39, 0.29) is 6.61 Å². The molecule has 1 rings (SSSR count). The molecule has 0 saturated heterocycles. The van der Waals surface area contributed by atoms with Gasteiger partial charge in [0.15, 0.2) is 0 Å². The molecule has 0 radical (unpaired) electrons. The van der Waals surface area contributed by atoms with Gasteiger partial charge in [0.1, 0.15) is 0 Å². The van der Waals surface area contributed by atoms with Gasteiger partial charge in [-0.05, 0) is 37.0 Å². The predicted octanol–water partition coefficient (Wildman–Crippen LogP) is 3.42. The minimum absolute atomic E-state index is 0.258. The van der Waals surface area contributed by atoms with E-state index in [1.165, 1.54) is 0 Å². The van der Waals surface area contributed by atoms with E-state index in [2.05, 4.69) is 15.9 Å². The maximum atomic E-state index is 8.62. The Bertz CT molecular complexity index is 276. The van der Waals surface area contributed by atoms with Gasteiger partial charge in [-0.3, -0.25) is 0 Å². The van der Waals surface area contributed by atoms with Crippen molar-refractivity contribution in [1.82, 2.24) is 0 Å². The van der Waals surface area contributed by atoms with Crippen LogP contribution in [0.15, 0.2) is 22.7 Å². The van der Waals surface area contributed by atoms with E-state index in [4.69, 9.17) is 16.7 Å². The number of benzene rings is 1. The third-order valence-corrected chi connectivity index (χ3v) is 2.71. The highest BCUT2D eigenvalue weighted by molar-refractivity contribution is 9.10. The van der Waals surface area contributed by atoms with Crippen molar-refractivity contribution in [3.8, 4) is 0 Å². The lowest BCUT2D eigenvalue weighted by Crippen LogP contribution is -1.89. The van der Waals surface area contributed by atoms with Gasteiger partial charge in [0.25, 0.3) is 0 Å². The normalized spacial score (nSPS) is 10.4. The molecule has 0 atom stereocenters. The number of aryl methyl sites for hydroxylation is 1. The molecular weight excluding hydrogens is 251 g/mol. The van der Waals surface area contributed by atoms with Crippen LogP contribution in [0, 0.1) is 0 Å². The summed E-state index contributed by atoms with van der Waals surface area (Å²) in [5.74, 6) is 0. The first-order valence-corrected chi connectivity index (χ1v) is 5.46. The van der Waals surface area contributed by atoms with Crippen molar-refractivity contribution in [1.29, 1.82) is 0 Å². The number of hydrogen-bond acceptors (Lipinski definition) is 1. The van der Waals surface area contributed by atoms with Gasteiger partial charge < -0.3 is 5.11 Å². The molecule has 0 aliphatic heterocycles. The fourth-order valence-corrected chi connectivity index (χ4v) is 1.92. The first kappa shape index (κ1) is 11.0. The van der Waals surface area contributed by atoms with Crippen LogP contribution in [0.4, 0.5) is 0 Å². The van der Waals surface area contributed by atoms with Crippen molar-refractivity contribution in [3.63, 3.8) is 0 Å². The Morgan fingerprint density at radius 1 is 1.31 bits per heavy atom. The lowest BCUT2D eigenvalue weighted by atomic mass is 10.1. The van der Waals surface area contributed by atoms with Gasteiger partial charge in [-0.15, -0.1) is 0 Å². The van der Waals surface area contributed by atoms with Crippen LogP contribution in [0.2, 0.25) is 5.02 Å². The van der Waals surface area contributed by atoms with Gasteiger partial charge in [-0.25, -0.2) is 0 Å². The molecule has 1 nitrogen and oxygen atoms in total. The van der Waals surface area contributed by atoms with Crippen LogP contribution in [0.25, 0.3) is 0 Å². The topological polar surface area (TPSA) is 20.2 Å². The van der Waals surface area contributed by atoms with Crippen LogP contribution >= 0.6 is 27.5 Å². The van der Waals surface area contributed by atoms with Crippen LogP contribution in [-0.2, 0) is 6.42 Å². The van der Waals surface area contributed by atoms with E-state index in [0.29, 0.717) is 0 Å². The lowest BCUT2D eigenvalue weighted by Gasteiger charge is -2.03. The Morgan fingerprint density at radius 2 is 2.08 bits per heavy atom. The third kappa shape index (κ3) is 3.67. The second-order valence-corrected chi connectivity index (χ2v) is 4.24. The summed E-state index contributed by atoms with van der Waals surface area (Å²) in [5, 5.41) is 9.42. The highest BCUT2D eigenvalue weighted by atomic mass is 79.9. The van der Waals surface area contributed by atoms with Crippen molar-refractivity contribution in [2.24, 2.45) is 0 Å². The number of hydrogen-bond donors (Lipinski definition) is 1. The van der Waals surface area contributed by atoms with Crippen LogP contribution in [0.3, 0.4) is 0 Å². The SMILES string of the molecule is OCCCCc1ccc(Br)cc1Cl. The number of halogens is 2. The number of rotatable bonds is 4. The molecule has 1 aromatic rings. The summed E-state index contributed by atoms with van der Waals surface area (Å²) in [4.78, 5) is 0. The zero-order valence-electron chi connectivity index (χ0n) is 7.26. The van der Waals surface area contributed by atoms with E-state index in [1.807, 2.05) is 18.2 Å². The summed E-state index contributed by atoms with van der Waals surface area (Å²) in [6.07, 6.45) is 2.76. The third-order valence-electron chi connectivity index (χ3n) is 1.87. The maximum absolute atomic E-state index is 8.62. The van der Waals surface area contributed by atoms with Crippen molar-refractivity contribution < 1.29 is 5.11 Å². The summed E-state index contributed by atoms with van der Waals surface area (Å²) < 4.78 is 1.00. The Balaban J connectivity index is 2.56.